The van der Waals surface area contributed by atoms with Crippen molar-refractivity contribution >= 4 is 39.4 Å². The Morgan fingerprint density at radius 2 is 1.93 bits per heavy atom. The average Bonchev–Trinajstić information content (AvgIpc) is 2.70. The maximum absolute atomic E-state index is 4.17. The standard InChI is InChI=1S/C11H8BrNS/c12-10-4-1-9(2-5-10)3-6-11-13-7-8-14-11/h1-8H. The Hall–Kier alpha value is -0.930. The summed E-state index contributed by atoms with van der Waals surface area (Å²) in [6.45, 7) is 0. The van der Waals surface area contributed by atoms with E-state index < -0.39 is 0 Å². The van der Waals surface area contributed by atoms with Crippen LogP contribution in [-0.2, 0) is 0 Å². The quantitative estimate of drug-likeness (QED) is 0.798. The summed E-state index contributed by atoms with van der Waals surface area (Å²) in [4.78, 5) is 4.17. The average molecular weight is 266 g/mol. The van der Waals surface area contributed by atoms with Crippen LogP contribution in [0.4, 0.5) is 0 Å². The van der Waals surface area contributed by atoms with Crippen LogP contribution in [0.3, 0.4) is 0 Å². The molecule has 0 aliphatic rings. The van der Waals surface area contributed by atoms with E-state index in [0.717, 1.165) is 9.48 Å². The van der Waals surface area contributed by atoms with Gasteiger partial charge in [-0.25, -0.2) is 4.98 Å². The van der Waals surface area contributed by atoms with E-state index in [1.807, 2.05) is 29.8 Å². The van der Waals surface area contributed by atoms with Crippen molar-refractivity contribution in [3.8, 4) is 0 Å². The van der Waals surface area contributed by atoms with E-state index in [0.29, 0.717) is 0 Å². The second kappa shape index (κ2) is 4.53. The monoisotopic (exact) mass is 265 g/mol. The number of rotatable bonds is 2. The van der Waals surface area contributed by atoms with Crippen molar-refractivity contribution in [2.24, 2.45) is 0 Å². The van der Waals surface area contributed by atoms with Crippen molar-refractivity contribution in [3.63, 3.8) is 0 Å². The molecule has 0 fully saturated rings. The molecule has 0 spiro atoms. The summed E-state index contributed by atoms with van der Waals surface area (Å²) in [7, 11) is 0. The Labute approximate surface area is 95.3 Å². The Balaban J connectivity index is 2.15. The molecule has 0 N–H and O–H groups in total. The van der Waals surface area contributed by atoms with Gasteiger partial charge in [-0.15, -0.1) is 11.3 Å². The van der Waals surface area contributed by atoms with E-state index in [1.54, 1.807) is 11.3 Å². The third kappa shape index (κ3) is 2.53. The molecule has 2 rings (SSSR count). The van der Waals surface area contributed by atoms with Crippen molar-refractivity contribution in [2.45, 2.75) is 0 Å². The zero-order chi connectivity index (χ0) is 9.80. The van der Waals surface area contributed by atoms with Crippen LogP contribution < -0.4 is 0 Å². The van der Waals surface area contributed by atoms with E-state index in [2.05, 4.69) is 39.1 Å². The first-order chi connectivity index (χ1) is 6.84. The molecule has 1 nitrogen and oxygen atoms in total. The first-order valence-electron chi connectivity index (χ1n) is 4.18. The molecule has 70 valence electrons. The molecular weight excluding hydrogens is 258 g/mol. The number of nitrogens with zero attached hydrogens (tertiary/aromatic N) is 1. The predicted octanol–water partition coefficient (Wildman–Crippen LogP) is 4.08. The fourth-order valence-electron chi connectivity index (χ4n) is 1.06. The smallest absolute Gasteiger partial charge is 0.116 e. The van der Waals surface area contributed by atoms with E-state index >= 15 is 0 Å². The lowest BCUT2D eigenvalue weighted by Gasteiger charge is -1.92. The Morgan fingerprint density at radius 3 is 2.57 bits per heavy atom. The number of hydrogen-bond acceptors (Lipinski definition) is 2. The van der Waals surface area contributed by atoms with Gasteiger partial charge in [0.1, 0.15) is 5.01 Å². The zero-order valence-electron chi connectivity index (χ0n) is 7.35. The van der Waals surface area contributed by atoms with Crippen molar-refractivity contribution in [1.29, 1.82) is 0 Å². The molecule has 0 unspecified atom stereocenters. The van der Waals surface area contributed by atoms with Gasteiger partial charge >= 0.3 is 0 Å². The Bertz CT molecular complexity index is 417. The van der Waals surface area contributed by atoms with Gasteiger partial charge in [0.25, 0.3) is 0 Å². The summed E-state index contributed by atoms with van der Waals surface area (Å²) in [6, 6.07) is 8.19. The van der Waals surface area contributed by atoms with Crippen molar-refractivity contribution in [2.75, 3.05) is 0 Å². The molecule has 0 aliphatic heterocycles. The maximum Gasteiger partial charge on any atom is 0.116 e. The van der Waals surface area contributed by atoms with Gasteiger partial charge in [0.15, 0.2) is 0 Å². The van der Waals surface area contributed by atoms with E-state index in [4.69, 9.17) is 0 Å². The minimum Gasteiger partial charge on any atom is -0.245 e. The zero-order valence-corrected chi connectivity index (χ0v) is 9.75. The highest BCUT2D eigenvalue weighted by atomic mass is 79.9. The van der Waals surface area contributed by atoms with E-state index in [-0.39, 0.29) is 0 Å². The lowest BCUT2D eigenvalue weighted by atomic mass is 10.2. The molecule has 1 aromatic carbocycles. The number of thiazole rings is 1. The molecule has 0 radical (unpaired) electrons. The maximum atomic E-state index is 4.17. The molecule has 1 heterocycles. The van der Waals surface area contributed by atoms with Gasteiger partial charge in [0.05, 0.1) is 0 Å². The van der Waals surface area contributed by atoms with E-state index in [1.165, 1.54) is 5.56 Å². The van der Waals surface area contributed by atoms with Crippen molar-refractivity contribution < 1.29 is 0 Å². The van der Waals surface area contributed by atoms with Crippen LogP contribution in [0.2, 0.25) is 0 Å². The normalized spacial score (nSPS) is 10.9. The third-order valence-corrected chi connectivity index (χ3v) is 3.01. The summed E-state index contributed by atoms with van der Waals surface area (Å²) in [5.74, 6) is 0. The summed E-state index contributed by atoms with van der Waals surface area (Å²) in [5.41, 5.74) is 1.18. The van der Waals surface area contributed by atoms with Gasteiger partial charge < -0.3 is 0 Å². The van der Waals surface area contributed by atoms with Gasteiger partial charge in [-0.2, -0.15) is 0 Å². The predicted molar refractivity (Wildman–Crippen MR) is 65.2 cm³/mol. The van der Waals surface area contributed by atoms with Crippen LogP contribution in [-0.4, -0.2) is 4.98 Å². The van der Waals surface area contributed by atoms with Crippen molar-refractivity contribution in [3.05, 3.63) is 50.9 Å². The first kappa shape index (κ1) is 9.62. The molecule has 0 saturated heterocycles. The van der Waals surface area contributed by atoms with Crippen LogP contribution >= 0.6 is 27.3 Å². The van der Waals surface area contributed by atoms with Crippen molar-refractivity contribution in [1.82, 2.24) is 4.98 Å². The number of hydrogen-bond donors (Lipinski definition) is 0. The molecule has 0 saturated carbocycles. The topological polar surface area (TPSA) is 12.9 Å². The second-order valence-electron chi connectivity index (χ2n) is 2.76. The summed E-state index contributed by atoms with van der Waals surface area (Å²) in [5, 5.41) is 3.01. The molecule has 0 atom stereocenters. The summed E-state index contributed by atoms with van der Waals surface area (Å²) >= 11 is 5.04. The summed E-state index contributed by atoms with van der Waals surface area (Å²) < 4.78 is 1.10. The second-order valence-corrected chi connectivity index (χ2v) is 4.60. The van der Waals surface area contributed by atoms with Gasteiger partial charge in [0.2, 0.25) is 0 Å². The fraction of sp³-hybridized carbons (Fsp3) is 0. The van der Waals surface area contributed by atoms with Gasteiger partial charge in [0, 0.05) is 16.0 Å². The molecule has 0 aliphatic carbocycles. The molecule has 1 aromatic heterocycles. The van der Waals surface area contributed by atoms with Crippen LogP contribution in [0.15, 0.2) is 40.3 Å². The highest BCUT2D eigenvalue weighted by Crippen LogP contribution is 2.13. The largest absolute Gasteiger partial charge is 0.245 e. The lowest BCUT2D eigenvalue weighted by molar-refractivity contribution is 1.40. The summed E-state index contributed by atoms with van der Waals surface area (Å²) in [6.07, 6.45) is 5.89. The molecule has 0 amide bonds. The fourth-order valence-corrected chi connectivity index (χ4v) is 1.85. The highest BCUT2D eigenvalue weighted by molar-refractivity contribution is 9.10. The molecule has 0 bridgehead atoms. The number of aromatic nitrogens is 1. The Morgan fingerprint density at radius 1 is 1.14 bits per heavy atom. The minimum absolute atomic E-state index is 1.04. The van der Waals surface area contributed by atoms with Crippen LogP contribution in [0.25, 0.3) is 12.2 Å². The van der Waals surface area contributed by atoms with Gasteiger partial charge in [-0.05, 0) is 23.8 Å². The lowest BCUT2D eigenvalue weighted by Crippen LogP contribution is -1.71. The van der Waals surface area contributed by atoms with Crippen LogP contribution in [0.1, 0.15) is 10.6 Å². The molecule has 3 heteroatoms. The third-order valence-electron chi connectivity index (χ3n) is 1.74. The first-order valence-corrected chi connectivity index (χ1v) is 5.85. The Kier molecular flexibility index (Phi) is 3.11. The SMILES string of the molecule is Brc1ccc(C=Cc2nccs2)cc1. The van der Waals surface area contributed by atoms with Gasteiger partial charge in [-0.1, -0.05) is 34.1 Å². The number of halogens is 1. The van der Waals surface area contributed by atoms with Crippen LogP contribution in [0.5, 0.6) is 0 Å². The molecule has 14 heavy (non-hydrogen) atoms. The highest BCUT2D eigenvalue weighted by Gasteiger charge is 1.89. The number of benzene rings is 1. The van der Waals surface area contributed by atoms with Gasteiger partial charge in [-0.3, -0.25) is 0 Å². The van der Waals surface area contributed by atoms with E-state index in [9.17, 15) is 0 Å². The molecular formula is C11H8BrNS. The minimum atomic E-state index is 1.04. The van der Waals surface area contributed by atoms with Crippen LogP contribution in [0, 0.1) is 0 Å². The molecule has 2 aromatic rings.